The van der Waals surface area contributed by atoms with Gasteiger partial charge in [0, 0.05) is 19.5 Å². The maximum absolute atomic E-state index is 5.01. The van der Waals surface area contributed by atoms with Crippen molar-refractivity contribution in [2.24, 2.45) is 0 Å². The fourth-order valence-electron chi connectivity index (χ4n) is 0.737. The summed E-state index contributed by atoms with van der Waals surface area (Å²) < 4.78 is 10.0. The van der Waals surface area contributed by atoms with E-state index in [0.717, 1.165) is 18.1 Å². The third-order valence-electron chi connectivity index (χ3n) is 1.35. The van der Waals surface area contributed by atoms with Crippen molar-refractivity contribution in [1.29, 1.82) is 0 Å². The zero-order valence-corrected chi connectivity index (χ0v) is 8.19. The molecule has 60 valence electrons. The molecule has 0 aliphatic rings. The van der Waals surface area contributed by atoms with E-state index in [1.54, 1.807) is 14.2 Å². The fraction of sp³-hybridized carbons (Fsp3) is 1.00. The van der Waals surface area contributed by atoms with Crippen molar-refractivity contribution in [3.8, 4) is 0 Å². The third-order valence-corrected chi connectivity index (χ3v) is 1.91. The normalized spacial score (nSPS) is 9.90. The maximum atomic E-state index is 5.01. The van der Waals surface area contributed by atoms with Crippen LogP contribution in [0.2, 0.25) is 6.32 Å². The Hall–Kier alpha value is 0.465. The van der Waals surface area contributed by atoms with E-state index in [4.69, 9.17) is 9.31 Å². The predicted molar refractivity (Wildman–Crippen MR) is 47.6 cm³/mol. The Kier molecular flexibility index (Phi) is 7.92. The quantitative estimate of drug-likeness (QED) is 0.378. The van der Waals surface area contributed by atoms with E-state index in [9.17, 15) is 0 Å². The molecular formula is C6H14BBrO2. The SMILES string of the molecule is COB(CCCCBr)OC. The molecule has 0 N–H and O–H groups in total. The van der Waals surface area contributed by atoms with Crippen molar-refractivity contribution in [2.45, 2.75) is 19.2 Å². The van der Waals surface area contributed by atoms with Crippen molar-refractivity contribution >= 4 is 23.0 Å². The van der Waals surface area contributed by atoms with Crippen LogP contribution in [-0.2, 0) is 9.31 Å². The molecular weight excluding hydrogens is 195 g/mol. The summed E-state index contributed by atoms with van der Waals surface area (Å²) >= 11 is 3.36. The molecule has 10 heavy (non-hydrogen) atoms. The molecule has 0 rings (SSSR count). The molecule has 0 aliphatic carbocycles. The number of unbranched alkanes of at least 4 members (excludes halogenated alkanes) is 1. The first-order valence-corrected chi connectivity index (χ1v) is 4.58. The van der Waals surface area contributed by atoms with Crippen molar-refractivity contribution < 1.29 is 9.31 Å². The molecule has 0 fully saturated rings. The molecule has 4 heteroatoms. The number of alkyl halides is 1. The van der Waals surface area contributed by atoms with E-state index >= 15 is 0 Å². The van der Waals surface area contributed by atoms with Gasteiger partial charge in [-0.3, -0.25) is 0 Å². The minimum Gasteiger partial charge on any atom is -0.414 e. The van der Waals surface area contributed by atoms with Gasteiger partial charge >= 0.3 is 7.12 Å². The molecule has 0 saturated carbocycles. The molecule has 0 bridgehead atoms. The van der Waals surface area contributed by atoms with E-state index in [2.05, 4.69) is 15.9 Å². The lowest BCUT2D eigenvalue weighted by Crippen LogP contribution is -2.18. The first-order chi connectivity index (χ1) is 4.85. The van der Waals surface area contributed by atoms with Gasteiger partial charge in [-0.25, -0.2) is 0 Å². The number of hydrogen-bond donors (Lipinski definition) is 0. The highest BCUT2D eigenvalue weighted by atomic mass is 79.9. The summed E-state index contributed by atoms with van der Waals surface area (Å²) in [5, 5.41) is 1.06. The van der Waals surface area contributed by atoms with Crippen LogP contribution in [0.5, 0.6) is 0 Å². The minimum atomic E-state index is -0.0148. The molecule has 0 saturated heterocycles. The van der Waals surface area contributed by atoms with Gasteiger partial charge in [0.05, 0.1) is 0 Å². The van der Waals surface area contributed by atoms with Crippen molar-refractivity contribution in [3.05, 3.63) is 0 Å². The molecule has 0 aromatic carbocycles. The Morgan fingerprint density at radius 2 is 1.80 bits per heavy atom. The van der Waals surface area contributed by atoms with E-state index in [1.165, 1.54) is 6.42 Å². The Morgan fingerprint density at radius 3 is 2.20 bits per heavy atom. The van der Waals surface area contributed by atoms with Gasteiger partial charge in [-0.05, 0) is 12.7 Å². The topological polar surface area (TPSA) is 18.5 Å². The number of hydrogen-bond acceptors (Lipinski definition) is 2. The standard InChI is InChI=1S/C6H14BBrO2/c1-9-7(10-2)5-3-4-6-8/h3-6H2,1-2H3. The zero-order valence-electron chi connectivity index (χ0n) is 6.60. The lowest BCUT2D eigenvalue weighted by molar-refractivity contribution is 0.276. The second-order valence-corrected chi connectivity index (χ2v) is 2.88. The molecule has 0 aromatic rings. The molecule has 0 radical (unpaired) electrons. The van der Waals surface area contributed by atoms with Crippen LogP contribution < -0.4 is 0 Å². The third kappa shape index (κ3) is 5.27. The van der Waals surface area contributed by atoms with Gasteiger partial charge in [0.1, 0.15) is 0 Å². The van der Waals surface area contributed by atoms with Crippen LogP contribution in [0.4, 0.5) is 0 Å². The highest BCUT2D eigenvalue weighted by molar-refractivity contribution is 9.09. The second-order valence-electron chi connectivity index (χ2n) is 2.09. The van der Waals surface area contributed by atoms with Crippen molar-refractivity contribution in [2.75, 3.05) is 19.5 Å². The van der Waals surface area contributed by atoms with Gasteiger partial charge in [0.2, 0.25) is 0 Å². The van der Waals surface area contributed by atoms with Crippen LogP contribution >= 0.6 is 15.9 Å². The summed E-state index contributed by atoms with van der Waals surface area (Å²) in [4.78, 5) is 0. The Labute approximate surface area is 71.6 Å². The Balaban J connectivity index is 3.09. The second kappa shape index (κ2) is 7.57. The van der Waals surface area contributed by atoms with Gasteiger partial charge in [-0.1, -0.05) is 22.4 Å². The summed E-state index contributed by atoms with van der Waals surface area (Å²) in [5.74, 6) is 0. The largest absolute Gasteiger partial charge is 0.456 e. The summed E-state index contributed by atoms with van der Waals surface area (Å²) in [6, 6.07) is 0. The molecule has 0 aliphatic heterocycles. The van der Waals surface area contributed by atoms with E-state index < -0.39 is 0 Å². The Bertz CT molecular complexity index is 68.8. The van der Waals surface area contributed by atoms with Gasteiger partial charge < -0.3 is 9.31 Å². The van der Waals surface area contributed by atoms with Gasteiger partial charge in [0.25, 0.3) is 0 Å². The van der Waals surface area contributed by atoms with Crippen LogP contribution in [0.1, 0.15) is 12.8 Å². The first-order valence-electron chi connectivity index (χ1n) is 3.46. The molecule has 0 amide bonds. The highest BCUT2D eigenvalue weighted by Crippen LogP contribution is 2.03. The molecule has 2 nitrogen and oxygen atoms in total. The average molecular weight is 209 g/mol. The highest BCUT2D eigenvalue weighted by Gasteiger charge is 2.12. The lowest BCUT2D eigenvalue weighted by atomic mass is 9.82. The summed E-state index contributed by atoms with van der Waals surface area (Å²) in [5.41, 5.74) is 0. The molecule has 0 aromatic heterocycles. The van der Waals surface area contributed by atoms with Gasteiger partial charge in [-0.15, -0.1) is 0 Å². The maximum Gasteiger partial charge on any atom is 0.456 e. The average Bonchev–Trinajstić information content (AvgIpc) is 1.99. The first kappa shape index (κ1) is 10.5. The molecule has 0 heterocycles. The zero-order chi connectivity index (χ0) is 7.82. The smallest absolute Gasteiger partial charge is 0.414 e. The summed E-state index contributed by atoms with van der Waals surface area (Å²) in [6.45, 7) is 0. The summed E-state index contributed by atoms with van der Waals surface area (Å²) in [6.07, 6.45) is 3.32. The van der Waals surface area contributed by atoms with Crippen LogP contribution in [0, 0.1) is 0 Å². The van der Waals surface area contributed by atoms with Crippen LogP contribution in [-0.4, -0.2) is 26.7 Å². The van der Waals surface area contributed by atoms with E-state index in [0.29, 0.717) is 0 Å². The summed E-state index contributed by atoms with van der Waals surface area (Å²) in [7, 11) is 3.32. The van der Waals surface area contributed by atoms with Crippen LogP contribution in [0.3, 0.4) is 0 Å². The fourth-order valence-corrected chi connectivity index (χ4v) is 1.13. The van der Waals surface area contributed by atoms with Crippen LogP contribution in [0.25, 0.3) is 0 Å². The molecule has 0 spiro atoms. The molecule has 0 atom stereocenters. The van der Waals surface area contributed by atoms with Crippen LogP contribution in [0.15, 0.2) is 0 Å². The van der Waals surface area contributed by atoms with Crippen molar-refractivity contribution in [3.63, 3.8) is 0 Å². The van der Waals surface area contributed by atoms with E-state index in [1.807, 2.05) is 0 Å². The van der Waals surface area contributed by atoms with Gasteiger partial charge in [0.15, 0.2) is 0 Å². The molecule has 0 unspecified atom stereocenters. The number of rotatable bonds is 6. The lowest BCUT2D eigenvalue weighted by Gasteiger charge is -2.06. The van der Waals surface area contributed by atoms with Gasteiger partial charge in [-0.2, -0.15) is 0 Å². The van der Waals surface area contributed by atoms with E-state index in [-0.39, 0.29) is 7.12 Å². The Morgan fingerprint density at radius 1 is 1.20 bits per heavy atom. The predicted octanol–water partition coefficient (Wildman–Crippen LogP) is 1.94. The minimum absolute atomic E-state index is 0.0148. The van der Waals surface area contributed by atoms with Crippen molar-refractivity contribution in [1.82, 2.24) is 0 Å². The monoisotopic (exact) mass is 208 g/mol. The number of halogens is 1.